The normalized spacial score (nSPS) is 17.8. The van der Waals surface area contributed by atoms with Crippen molar-refractivity contribution >= 4 is 23.3 Å². The van der Waals surface area contributed by atoms with E-state index in [2.05, 4.69) is 21.3 Å². The van der Waals surface area contributed by atoms with Crippen molar-refractivity contribution in [2.45, 2.75) is 38.9 Å². The van der Waals surface area contributed by atoms with E-state index < -0.39 is 5.60 Å². The molecule has 5 rings (SSSR count). The average molecular weight is 464 g/mol. The largest absolute Gasteiger partial charge is 0.485 e. The van der Waals surface area contributed by atoms with Gasteiger partial charge in [0.15, 0.2) is 5.75 Å². The Morgan fingerprint density at radius 1 is 1.26 bits per heavy atom. The zero-order valence-electron chi connectivity index (χ0n) is 19.8. The van der Waals surface area contributed by atoms with Crippen LogP contribution < -0.4 is 15.0 Å². The summed E-state index contributed by atoms with van der Waals surface area (Å²) in [7, 11) is 0. The molecule has 0 atom stereocenters. The van der Waals surface area contributed by atoms with Gasteiger partial charge >= 0.3 is 6.09 Å². The average Bonchev–Trinajstić information content (AvgIpc) is 2.96. The maximum absolute atomic E-state index is 12.3. The van der Waals surface area contributed by atoms with Crippen LogP contribution in [0.1, 0.15) is 43.4 Å². The zero-order valence-corrected chi connectivity index (χ0v) is 19.8. The number of carbonyl (C=O) groups is 1. The molecule has 9 heteroatoms. The molecule has 0 aliphatic carbocycles. The number of pyridine rings is 1. The highest BCUT2D eigenvalue weighted by Crippen LogP contribution is 2.41. The Labute approximate surface area is 199 Å². The van der Waals surface area contributed by atoms with E-state index in [0.29, 0.717) is 44.2 Å². The first kappa shape index (κ1) is 22.3. The van der Waals surface area contributed by atoms with Gasteiger partial charge in [0, 0.05) is 44.0 Å². The molecule has 3 aliphatic rings. The number of hydrogen-bond acceptors (Lipinski definition) is 8. The smallest absolute Gasteiger partial charge is 0.410 e. The van der Waals surface area contributed by atoms with Crippen LogP contribution in [-0.4, -0.2) is 61.0 Å². The molecule has 1 N–H and O–H groups in total. The van der Waals surface area contributed by atoms with Crippen LogP contribution in [0.15, 0.2) is 24.4 Å². The molecule has 2 fully saturated rings. The van der Waals surface area contributed by atoms with Crippen molar-refractivity contribution in [2.75, 3.05) is 49.6 Å². The Morgan fingerprint density at radius 2 is 2.03 bits per heavy atom. The fourth-order valence-electron chi connectivity index (χ4n) is 4.49. The zero-order chi connectivity index (χ0) is 23.9. The highest BCUT2D eigenvalue weighted by Gasteiger charge is 2.35. The van der Waals surface area contributed by atoms with E-state index in [9.17, 15) is 10.1 Å². The standard InChI is InChI=1S/C25H29N5O4/c1-25(2,3)34-24(31)30-13-18(14-30)16-10-17(12-26)22-20(11-16)28-23-19(15-33-22)21(4-5-27-23)29-6-8-32-9-7-29/h4-5,10-11,18H,6-9,13-15H2,1-3H3,(H,27,28). The monoisotopic (exact) mass is 463 g/mol. The van der Waals surface area contributed by atoms with Gasteiger partial charge < -0.3 is 29.3 Å². The van der Waals surface area contributed by atoms with Gasteiger partial charge in [-0.3, -0.25) is 0 Å². The number of nitriles is 1. The van der Waals surface area contributed by atoms with Gasteiger partial charge in [-0.25, -0.2) is 9.78 Å². The lowest BCUT2D eigenvalue weighted by Crippen LogP contribution is -2.50. The molecule has 0 bridgehead atoms. The molecule has 1 amide bonds. The third kappa shape index (κ3) is 4.33. The summed E-state index contributed by atoms with van der Waals surface area (Å²) in [6, 6.07) is 8.15. The summed E-state index contributed by atoms with van der Waals surface area (Å²) in [6.07, 6.45) is 1.48. The summed E-state index contributed by atoms with van der Waals surface area (Å²) in [5.74, 6) is 1.38. The maximum Gasteiger partial charge on any atom is 0.410 e. The summed E-state index contributed by atoms with van der Waals surface area (Å²) < 4.78 is 17.1. The Hall–Kier alpha value is -3.51. The molecule has 2 saturated heterocycles. The first-order valence-electron chi connectivity index (χ1n) is 11.6. The molecule has 0 saturated carbocycles. The number of amides is 1. The first-order chi connectivity index (χ1) is 16.3. The Morgan fingerprint density at radius 3 is 2.74 bits per heavy atom. The quantitative estimate of drug-likeness (QED) is 0.719. The van der Waals surface area contributed by atoms with Gasteiger partial charge in [0.1, 0.15) is 24.1 Å². The minimum Gasteiger partial charge on any atom is -0.485 e. The summed E-state index contributed by atoms with van der Waals surface area (Å²) >= 11 is 0. The van der Waals surface area contributed by atoms with Crippen molar-refractivity contribution in [3.63, 3.8) is 0 Å². The summed E-state index contributed by atoms with van der Waals surface area (Å²) in [5, 5.41) is 13.3. The maximum atomic E-state index is 12.3. The molecular formula is C25H29N5O4. The van der Waals surface area contributed by atoms with E-state index in [1.807, 2.05) is 39.0 Å². The first-order valence-corrected chi connectivity index (χ1v) is 11.6. The van der Waals surface area contributed by atoms with Crippen molar-refractivity contribution in [1.82, 2.24) is 9.88 Å². The van der Waals surface area contributed by atoms with Gasteiger partial charge in [0.2, 0.25) is 0 Å². The Kier molecular flexibility index (Phi) is 5.70. The van der Waals surface area contributed by atoms with E-state index in [1.165, 1.54) is 0 Å². The number of carbonyl (C=O) groups excluding carboxylic acids is 1. The molecule has 4 heterocycles. The number of fused-ring (bicyclic) bond motifs is 2. The van der Waals surface area contributed by atoms with Crippen LogP contribution in [0.4, 0.5) is 22.0 Å². The fraction of sp³-hybridized carbons (Fsp3) is 0.480. The Bertz CT molecular complexity index is 1140. The second-order valence-corrected chi connectivity index (χ2v) is 9.81. The minimum absolute atomic E-state index is 0.127. The molecule has 0 unspecified atom stereocenters. The van der Waals surface area contributed by atoms with Gasteiger partial charge in [-0.05, 0) is 44.5 Å². The summed E-state index contributed by atoms with van der Waals surface area (Å²) in [6.45, 7) is 10.00. The number of morpholine rings is 1. The van der Waals surface area contributed by atoms with Crippen LogP contribution in [0.3, 0.4) is 0 Å². The number of nitrogens with zero attached hydrogens (tertiary/aromatic N) is 4. The molecule has 0 spiro atoms. The van der Waals surface area contributed by atoms with E-state index >= 15 is 0 Å². The fourth-order valence-corrected chi connectivity index (χ4v) is 4.49. The van der Waals surface area contributed by atoms with Crippen molar-refractivity contribution in [1.29, 1.82) is 5.26 Å². The lowest BCUT2D eigenvalue weighted by atomic mass is 9.90. The third-order valence-corrected chi connectivity index (χ3v) is 6.23. The van der Waals surface area contributed by atoms with E-state index in [0.717, 1.165) is 41.4 Å². The summed E-state index contributed by atoms with van der Waals surface area (Å²) in [5.41, 5.74) is 3.68. The SMILES string of the molecule is CC(C)(C)OC(=O)N1CC(c2cc(C#N)c3c(c2)Nc2nccc(N4CCOCC4)c2CO3)C1. The van der Waals surface area contributed by atoms with Crippen LogP contribution in [0.2, 0.25) is 0 Å². The number of anilines is 3. The number of aromatic nitrogens is 1. The number of rotatable bonds is 2. The molecule has 178 valence electrons. The van der Waals surface area contributed by atoms with Gasteiger partial charge in [-0.1, -0.05) is 0 Å². The highest BCUT2D eigenvalue weighted by atomic mass is 16.6. The van der Waals surface area contributed by atoms with E-state index in [1.54, 1.807) is 11.1 Å². The van der Waals surface area contributed by atoms with Crippen LogP contribution in [0.25, 0.3) is 0 Å². The van der Waals surface area contributed by atoms with Crippen LogP contribution in [0, 0.1) is 11.3 Å². The molecule has 9 nitrogen and oxygen atoms in total. The highest BCUT2D eigenvalue weighted by molar-refractivity contribution is 5.76. The van der Waals surface area contributed by atoms with Gasteiger partial charge in [0.25, 0.3) is 0 Å². The van der Waals surface area contributed by atoms with Crippen LogP contribution in [0.5, 0.6) is 5.75 Å². The van der Waals surface area contributed by atoms with E-state index in [-0.39, 0.29) is 12.0 Å². The lowest BCUT2D eigenvalue weighted by molar-refractivity contribution is 0.00819. The number of likely N-dealkylation sites (tertiary alicyclic amines) is 1. The second-order valence-electron chi connectivity index (χ2n) is 9.81. The number of ether oxygens (including phenoxy) is 3. The summed E-state index contributed by atoms with van der Waals surface area (Å²) in [4.78, 5) is 20.8. The van der Waals surface area contributed by atoms with Crippen LogP contribution >= 0.6 is 0 Å². The lowest BCUT2D eigenvalue weighted by Gasteiger charge is -2.40. The molecule has 34 heavy (non-hydrogen) atoms. The molecule has 2 aromatic rings. The molecule has 1 aromatic heterocycles. The predicted molar refractivity (Wildman–Crippen MR) is 127 cm³/mol. The van der Waals surface area contributed by atoms with E-state index in [4.69, 9.17) is 14.2 Å². The van der Waals surface area contributed by atoms with Gasteiger partial charge in [-0.2, -0.15) is 5.26 Å². The third-order valence-electron chi connectivity index (χ3n) is 6.23. The number of nitrogens with one attached hydrogen (secondary N) is 1. The molecule has 0 radical (unpaired) electrons. The minimum atomic E-state index is -0.526. The number of benzene rings is 1. The molecule has 1 aromatic carbocycles. The topological polar surface area (TPSA) is 100.0 Å². The van der Waals surface area contributed by atoms with Gasteiger partial charge in [-0.15, -0.1) is 0 Å². The molecular weight excluding hydrogens is 434 g/mol. The van der Waals surface area contributed by atoms with Crippen LogP contribution in [-0.2, 0) is 16.1 Å². The second kappa shape index (κ2) is 8.69. The van der Waals surface area contributed by atoms with Crippen molar-refractivity contribution in [2.24, 2.45) is 0 Å². The predicted octanol–water partition coefficient (Wildman–Crippen LogP) is 3.76. The van der Waals surface area contributed by atoms with Gasteiger partial charge in [0.05, 0.1) is 30.0 Å². The molecule has 3 aliphatic heterocycles. The van der Waals surface area contributed by atoms with Crippen molar-refractivity contribution in [3.8, 4) is 11.8 Å². The Balaban J connectivity index is 1.39. The van der Waals surface area contributed by atoms with Crippen molar-refractivity contribution in [3.05, 3.63) is 41.1 Å². The van der Waals surface area contributed by atoms with Crippen molar-refractivity contribution < 1.29 is 19.0 Å². The number of hydrogen-bond donors (Lipinski definition) is 1.